The van der Waals surface area contributed by atoms with E-state index in [4.69, 9.17) is 0 Å². The highest BCUT2D eigenvalue weighted by Crippen LogP contribution is 2.23. The first-order valence-corrected chi connectivity index (χ1v) is 8.60. The monoisotopic (exact) mass is 341 g/mol. The second kappa shape index (κ2) is 6.66. The molecule has 0 aliphatic carbocycles. The zero-order chi connectivity index (χ0) is 17.2. The van der Waals surface area contributed by atoms with Crippen LogP contribution in [-0.2, 0) is 0 Å². The number of halogens is 1. The number of hydrogen-bond donors (Lipinski definition) is 1. The molecule has 130 valence electrons. The Labute approximate surface area is 145 Å². The molecule has 7 heteroatoms. The molecule has 0 radical (unpaired) electrons. The maximum absolute atomic E-state index is 13.0. The van der Waals surface area contributed by atoms with Crippen molar-refractivity contribution in [2.75, 3.05) is 31.1 Å². The maximum Gasteiger partial charge on any atom is 0.317 e. The summed E-state index contributed by atoms with van der Waals surface area (Å²) in [5.41, 5.74) is 1.56. The minimum atomic E-state index is -0.265. The Bertz CT molecular complexity index is 749. The van der Waals surface area contributed by atoms with Gasteiger partial charge in [0, 0.05) is 31.7 Å². The molecule has 6 nitrogen and oxygen atoms in total. The van der Waals surface area contributed by atoms with E-state index in [0.717, 1.165) is 56.1 Å². The van der Waals surface area contributed by atoms with Crippen molar-refractivity contribution in [2.45, 2.75) is 18.9 Å². The lowest BCUT2D eigenvalue weighted by molar-refractivity contribution is 0.189. The van der Waals surface area contributed by atoms with E-state index in [2.05, 4.69) is 20.4 Å². The van der Waals surface area contributed by atoms with Gasteiger partial charge in [-0.3, -0.25) is 0 Å². The van der Waals surface area contributed by atoms with Crippen LogP contribution in [0.2, 0.25) is 0 Å². The van der Waals surface area contributed by atoms with Gasteiger partial charge in [-0.25, -0.2) is 9.18 Å². The predicted octanol–water partition coefficient (Wildman–Crippen LogP) is 2.28. The largest absolute Gasteiger partial charge is 0.353 e. The second-order valence-electron chi connectivity index (χ2n) is 6.45. The van der Waals surface area contributed by atoms with E-state index in [-0.39, 0.29) is 17.9 Å². The summed E-state index contributed by atoms with van der Waals surface area (Å²) in [4.78, 5) is 16.0. The van der Waals surface area contributed by atoms with Crippen molar-refractivity contribution in [3.63, 3.8) is 0 Å². The van der Waals surface area contributed by atoms with Gasteiger partial charge < -0.3 is 15.1 Å². The van der Waals surface area contributed by atoms with Gasteiger partial charge in [-0.1, -0.05) is 0 Å². The molecule has 0 spiro atoms. The van der Waals surface area contributed by atoms with Crippen LogP contribution in [0.4, 0.5) is 15.0 Å². The number of nitrogens with zero attached hydrogens (tertiary/aromatic N) is 4. The Morgan fingerprint density at radius 2 is 1.92 bits per heavy atom. The summed E-state index contributed by atoms with van der Waals surface area (Å²) in [6.07, 6.45) is 2.04. The molecule has 2 fully saturated rings. The Kier molecular flexibility index (Phi) is 4.21. The molecule has 1 N–H and O–H groups in total. The fraction of sp³-hybridized carbons (Fsp3) is 0.389. The van der Waals surface area contributed by atoms with Crippen LogP contribution in [0.15, 0.2) is 36.4 Å². The summed E-state index contributed by atoms with van der Waals surface area (Å²) in [5, 5.41) is 11.5. The summed E-state index contributed by atoms with van der Waals surface area (Å²) >= 11 is 0. The quantitative estimate of drug-likeness (QED) is 0.930. The average Bonchev–Trinajstić information content (AvgIpc) is 3.09. The Balaban J connectivity index is 1.47. The van der Waals surface area contributed by atoms with Crippen molar-refractivity contribution in [3.05, 3.63) is 42.2 Å². The van der Waals surface area contributed by atoms with Crippen molar-refractivity contribution < 1.29 is 9.18 Å². The number of carbonyl (C=O) groups excluding carboxylic acids is 1. The lowest BCUT2D eigenvalue weighted by Crippen LogP contribution is -2.49. The van der Waals surface area contributed by atoms with Crippen LogP contribution in [0.25, 0.3) is 11.3 Å². The predicted molar refractivity (Wildman–Crippen MR) is 92.8 cm³/mol. The molecule has 0 bridgehead atoms. The highest BCUT2D eigenvalue weighted by atomic mass is 19.1. The molecule has 2 aliphatic rings. The summed E-state index contributed by atoms with van der Waals surface area (Å²) in [7, 11) is 0. The number of nitrogens with one attached hydrogen (secondary N) is 1. The Hall–Kier alpha value is -2.70. The van der Waals surface area contributed by atoms with E-state index in [1.165, 1.54) is 12.1 Å². The first kappa shape index (κ1) is 15.8. The average molecular weight is 341 g/mol. The fourth-order valence-electron chi connectivity index (χ4n) is 3.52. The molecule has 0 saturated carbocycles. The first-order valence-electron chi connectivity index (χ1n) is 8.60. The fourth-order valence-corrected chi connectivity index (χ4v) is 3.52. The molecule has 4 rings (SSSR count). The lowest BCUT2D eigenvalue weighted by Gasteiger charge is -2.37. The molecule has 2 aromatic rings. The summed E-state index contributed by atoms with van der Waals surface area (Å²) in [5.74, 6) is 0.550. The van der Waals surface area contributed by atoms with Crippen LogP contribution in [0.3, 0.4) is 0 Å². The third-order valence-corrected chi connectivity index (χ3v) is 4.84. The molecule has 1 atom stereocenters. The van der Waals surface area contributed by atoms with E-state index in [9.17, 15) is 9.18 Å². The highest BCUT2D eigenvalue weighted by Gasteiger charge is 2.31. The highest BCUT2D eigenvalue weighted by molar-refractivity contribution is 5.76. The molecule has 1 aromatic carbocycles. The van der Waals surface area contributed by atoms with Crippen LogP contribution in [-0.4, -0.2) is 53.3 Å². The van der Waals surface area contributed by atoms with Gasteiger partial charge in [0.1, 0.15) is 5.82 Å². The van der Waals surface area contributed by atoms with Crippen LogP contribution >= 0.6 is 0 Å². The Morgan fingerprint density at radius 1 is 1.08 bits per heavy atom. The third kappa shape index (κ3) is 3.26. The molecule has 1 aromatic heterocycles. The smallest absolute Gasteiger partial charge is 0.317 e. The number of rotatable bonds is 3. The molecular weight excluding hydrogens is 321 g/mol. The number of benzene rings is 1. The summed E-state index contributed by atoms with van der Waals surface area (Å²) in [6.45, 7) is 3.18. The van der Waals surface area contributed by atoms with E-state index < -0.39 is 0 Å². The van der Waals surface area contributed by atoms with Gasteiger partial charge in [-0.15, -0.1) is 10.2 Å². The summed E-state index contributed by atoms with van der Waals surface area (Å²) in [6, 6.07) is 10.3. The Morgan fingerprint density at radius 3 is 2.60 bits per heavy atom. The molecule has 2 aliphatic heterocycles. The van der Waals surface area contributed by atoms with Gasteiger partial charge in [0.15, 0.2) is 5.82 Å². The molecular formula is C18H20FN5O. The minimum Gasteiger partial charge on any atom is -0.353 e. The number of hydrogen-bond acceptors (Lipinski definition) is 4. The van der Waals surface area contributed by atoms with Crippen molar-refractivity contribution >= 4 is 11.8 Å². The van der Waals surface area contributed by atoms with Crippen LogP contribution in [0.5, 0.6) is 0 Å². The van der Waals surface area contributed by atoms with Gasteiger partial charge in [0.05, 0.1) is 11.7 Å². The van der Waals surface area contributed by atoms with Gasteiger partial charge >= 0.3 is 6.03 Å². The van der Waals surface area contributed by atoms with E-state index in [1.807, 2.05) is 17.0 Å². The van der Waals surface area contributed by atoms with E-state index in [0.29, 0.717) is 0 Å². The number of amides is 2. The normalized spacial score (nSPS) is 20.7. The van der Waals surface area contributed by atoms with E-state index >= 15 is 0 Å². The van der Waals surface area contributed by atoms with Crippen LogP contribution in [0.1, 0.15) is 12.8 Å². The van der Waals surface area contributed by atoms with Gasteiger partial charge in [0.25, 0.3) is 0 Å². The minimum absolute atomic E-state index is 0.0320. The van der Waals surface area contributed by atoms with Crippen molar-refractivity contribution in [2.24, 2.45) is 0 Å². The number of carbonyl (C=O) groups is 1. The molecule has 2 saturated heterocycles. The van der Waals surface area contributed by atoms with Crippen LogP contribution < -0.4 is 10.2 Å². The van der Waals surface area contributed by atoms with Gasteiger partial charge in [0.2, 0.25) is 0 Å². The van der Waals surface area contributed by atoms with Crippen molar-refractivity contribution in [3.8, 4) is 11.3 Å². The van der Waals surface area contributed by atoms with E-state index in [1.54, 1.807) is 12.1 Å². The molecule has 1 unspecified atom stereocenters. The second-order valence-corrected chi connectivity index (χ2v) is 6.45. The zero-order valence-corrected chi connectivity index (χ0v) is 13.9. The van der Waals surface area contributed by atoms with Crippen molar-refractivity contribution in [1.29, 1.82) is 0 Å². The first-order chi connectivity index (χ1) is 12.2. The number of anilines is 1. The summed E-state index contributed by atoms with van der Waals surface area (Å²) < 4.78 is 13.0. The number of aromatic nitrogens is 2. The maximum atomic E-state index is 13.0. The number of urea groups is 1. The van der Waals surface area contributed by atoms with Crippen LogP contribution in [0, 0.1) is 5.82 Å². The van der Waals surface area contributed by atoms with Crippen molar-refractivity contribution in [1.82, 2.24) is 20.4 Å². The topological polar surface area (TPSA) is 61.4 Å². The molecule has 25 heavy (non-hydrogen) atoms. The molecule has 3 heterocycles. The standard InChI is InChI=1S/C18H20FN5O/c19-14-5-3-13(4-6-14)16-7-8-17(22-21-16)23-10-1-2-15(12-23)24-11-9-20-18(24)25/h3-8,15H,1-2,9-12H2,(H,20,25). The lowest BCUT2D eigenvalue weighted by atomic mass is 10.0. The van der Waals surface area contributed by atoms with Gasteiger partial charge in [-0.2, -0.15) is 0 Å². The zero-order valence-electron chi connectivity index (χ0n) is 13.9. The third-order valence-electron chi connectivity index (χ3n) is 4.84. The molecule has 2 amide bonds. The van der Waals surface area contributed by atoms with Gasteiger partial charge in [-0.05, 0) is 49.2 Å². The SMILES string of the molecule is O=C1NCCN1C1CCCN(c2ccc(-c3ccc(F)cc3)nn2)C1. The number of piperidine rings is 1.